The zero-order valence-corrected chi connectivity index (χ0v) is 16.6. The molecule has 0 atom stereocenters. The Hall–Kier alpha value is -1.23. The van der Waals surface area contributed by atoms with Crippen LogP contribution >= 0.6 is 27.5 Å². The summed E-state index contributed by atoms with van der Waals surface area (Å²) in [6.45, 7) is 5.66. The summed E-state index contributed by atoms with van der Waals surface area (Å²) in [5, 5.41) is 4.22. The van der Waals surface area contributed by atoms with Crippen LogP contribution in [0.3, 0.4) is 0 Å². The first-order valence-corrected chi connectivity index (χ1v) is 9.15. The van der Waals surface area contributed by atoms with Crippen LogP contribution in [0.1, 0.15) is 25.0 Å². The molecule has 2 aromatic carbocycles. The molecule has 1 N–H and O–H groups in total. The highest BCUT2D eigenvalue weighted by Gasteiger charge is 2.13. The van der Waals surface area contributed by atoms with Gasteiger partial charge in [-0.2, -0.15) is 0 Å². The van der Waals surface area contributed by atoms with Gasteiger partial charge in [0, 0.05) is 11.6 Å². The summed E-state index contributed by atoms with van der Waals surface area (Å²) in [7, 11) is 1.66. The van der Waals surface area contributed by atoms with Gasteiger partial charge in [0.05, 0.1) is 17.7 Å². The van der Waals surface area contributed by atoms with Gasteiger partial charge in [0.2, 0.25) is 0 Å². The van der Waals surface area contributed by atoms with E-state index in [0.29, 0.717) is 0 Å². The molecule has 0 bridgehead atoms. The lowest BCUT2D eigenvalue weighted by molar-refractivity contribution is 0.228. The number of hydrogen-bond donors (Lipinski definition) is 1. The van der Waals surface area contributed by atoms with E-state index in [2.05, 4.69) is 39.4 Å². The van der Waals surface area contributed by atoms with Crippen LogP contribution < -0.4 is 14.8 Å². The lowest BCUT2D eigenvalue weighted by Gasteiger charge is -2.16. The number of methoxy groups -OCH3 is 1. The fourth-order valence-corrected chi connectivity index (χ4v) is 3.05. The summed E-state index contributed by atoms with van der Waals surface area (Å²) in [5.74, 6) is 1.49. The highest BCUT2D eigenvalue weighted by molar-refractivity contribution is 9.10. The van der Waals surface area contributed by atoms with E-state index in [0.717, 1.165) is 46.1 Å². The summed E-state index contributed by atoms with van der Waals surface area (Å²) in [5.41, 5.74) is 2.41. The fraction of sp³-hybridized carbons (Fsp3) is 0.368. The van der Waals surface area contributed by atoms with Gasteiger partial charge in [-0.3, -0.25) is 0 Å². The van der Waals surface area contributed by atoms with Crippen molar-refractivity contribution in [2.24, 2.45) is 0 Å². The molecule has 5 heteroatoms. The Morgan fingerprint density at radius 2 is 1.83 bits per heavy atom. The topological polar surface area (TPSA) is 30.5 Å². The predicted octanol–water partition coefficient (Wildman–Crippen LogP) is 5.23. The predicted molar refractivity (Wildman–Crippen MR) is 103 cm³/mol. The van der Waals surface area contributed by atoms with E-state index in [9.17, 15) is 0 Å². The molecular weight excluding hydrogens is 390 g/mol. The molecule has 0 fully saturated rings. The second-order valence-corrected chi connectivity index (χ2v) is 7.12. The number of nitrogens with one attached hydrogen (secondary N) is 1. The molecule has 2 rings (SSSR count). The van der Waals surface area contributed by atoms with Crippen molar-refractivity contribution in [1.29, 1.82) is 0 Å². The minimum atomic E-state index is 0.0959. The van der Waals surface area contributed by atoms with Crippen molar-refractivity contribution in [3.63, 3.8) is 0 Å². The second kappa shape index (κ2) is 9.30. The summed E-state index contributed by atoms with van der Waals surface area (Å²) < 4.78 is 12.2. The van der Waals surface area contributed by atoms with Gasteiger partial charge in [0.15, 0.2) is 11.5 Å². The van der Waals surface area contributed by atoms with Crippen LogP contribution in [0.4, 0.5) is 0 Å². The number of benzene rings is 2. The highest BCUT2D eigenvalue weighted by Crippen LogP contribution is 2.37. The molecule has 0 aliphatic carbocycles. The van der Waals surface area contributed by atoms with Crippen LogP contribution in [-0.4, -0.2) is 19.8 Å². The molecule has 0 aromatic heterocycles. The summed E-state index contributed by atoms with van der Waals surface area (Å²) in [6, 6.07) is 12.0. The maximum Gasteiger partial charge on any atom is 0.175 e. The first-order valence-electron chi connectivity index (χ1n) is 7.98. The molecule has 0 aliphatic rings. The molecule has 0 spiro atoms. The van der Waals surface area contributed by atoms with Crippen molar-refractivity contribution < 1.29 is 9.47 Å². The SMILES string of the molecule is COc1cc(CNCCc2ccc(Cl)cc2)cc(Br)c1OC(C)C. The summed E-state index contributed by atoms with van der Waals surface area (Å²) in [6.07, 6.45) is 1.06. The fourth-order valence-electron chi connectivity index (χ4n) is 2.34. The van der Waals surface area contributed by atoms with Crippen molar-refractivity contribution in [2.45, 2.75) is 32.9 Å². The third-order valence-electron chi connectivity index (χ3n) is 3.48. The van der Waals surface area contributed by atoms with Gasteiger partial charge in [0.1, 0.15) is 0 Å². The second-order valence-electron chi connectivity index (χ2n) is 5.83. The van der Waals surface area contributed by atoms with Gasteiger partial charge in [-0.05, 0) is 78.1 Å². The minimum Gasteiger partial charge on any atom is -0.493 e. The first-order chi connectivity index (χ1) is 11.5. The molecule has 0 saturated carbocycles. The Kier molecular flexibility index (Phi) is 7.40. The third kappa shape index (κ3) is 5.69. The number of ether oxygens (including phenoxy) is 2. The van der Waals surface area contributed by atoms with Crippen molar-refractivity contribution in [3.05, 3.63) is 57.0 Å². The zero-order valence-electron chi connectivity index (χ0n) is 14.2. The Morgan fingerprint density at radius 3 is 2.46 bits per heavy atom. The zero-order chi connectivity index (χ0) is 17.5. The van der Waals surface area contributed by atoms with Crippen molar-refractivity contribution >= 4 is 27.5 Å². The molecule has 0 saturated heterocycles. The summed E-state index contributed by atoms with van der Waals surface area (Å²) in [4.78, 5) is 0. The van der Waals surface area contributed by atoms with Gasteiger partial charge in [-0.15, -0.1) is 0 Å². The standard InChI is InChI=1S/C19H23BrClNO2/c1-13(2)24-19-17(20)10-15(11-18(19)23-3)12-22-9-8-14-4-6-16(21)7-5-14/h4-7,10-11,13,22H,8-9,12H2,1-3H3. The third-order valence-corrected chi connectivity index (χ3v) is 4.32. The van der Waals surface area contributed by atoms with Gasteiger partial charge in [-0.1, -0.05) is 23.7 Å². The van der Waals surface area contributed by atoms with Crippen LogP contribution in [0.15, 0.2) is 40.9 Å². The normalized spacial score (nSPS) is 10.9. The molecule has 0 unspecified atom stereocenters. The molecule has 0 amide bonds. The Bertz CT molecular complexity index is 659. The lowest BCUT2D eigenvalue weighted by atomic mass is 10.1. The van der Waals surface area contributed by atoms with Crippen LogP contribution in [-0.2, 0) is 13.0 Å². The van der Waals surface area contributed by atoms with E-state index in [-0.39, 0.29) is 6.10 Å². The van der Waals surface area contributed by atoms with Crippen molar-refractivity contribution in [2.75, 3.05) is 13.7 Å². The van der Waals surface area contributed by atoms with E-state index >= 15 is 0 Å². The minimum absolute atomic E-state index is 0.0959. The molecule has 130 valence electrons. The molecule has 3 nitrogen and oxygen atoms in total. The molecule has 2 aromatic rings. The van der Waals surface area contributed by atoms with E-state index in [1.54, 1.807) is 7.11 Å². The number of hydrogen-bond acceptors (Lipinski definition) is 3. The molecule has 0 heterocycles. The maximum atomic E-state index is 5.90. The Morgan fingerprint density at radius 1 is 1.12 bits per heavy atom. The average molecular weight is 413 g/mol. The van der Waals surface area contributed by atoms with Gasteiger partial charge >= 0.3 is 0 Å². The molecule has 0 aliphatic heterocycles. The lowest BCUT2D eigenvalue weighted by Crippen LogP contribution is -2.17. The Labute approximate surface area is 157 Å². The van der Waals surface area contributed by atoms with E-state index in [4.69, 9.17) is 21.1 Å². The quantitative estimate of drug-likeness (QED) is 0.602. The molecular formula is C19H23BrClNO2. The van der Waals surface area contributed by atoms with Crippen molar-refractivity contribution in [1.82, 2.24) is 5.32 Å². The van der Waals surface area contributed by atoms with Gasteiger partial charge < -0.3 is 14.8 Å². The van der Waals surface area contributed by atoms with E-state index in [1.165, 1.54) is 5.56 Å². The van der Waals surface area contributed by atoms with E-state index in [1.807, 2.05) is 32.0 Å². The maximum absolute atomic E-state index is 5.90. The first kappa shape index (κ1) is 19.1. The van der Waals surface area contributed by atoms with Gasteiger partial charge in [-0.25, -0.2) is 0 Å². The number of halogens is 2. The van der Waals surface area contributed by atoms with Crippen LogP contribution in [0.2, 0.25) is 5.02 Å². The monoisotopic (exact) mass is 411 g/mol. The molecule has 24 heavy (non-hydrogen) atoms. The smallest absolute Gasteiger partial charge is 0.175 e. The average Bonchev–Trinajstić information content (AvgIpc) is 2.55. The largest absolute Gasteiger partial charge is 0.493 e. The van der Waals surface area contributed by atoms with Crippen LogP contribution in [0.25, 0.3) is 0 Å². The van der Waals surface area contributed by atoms with E-state index < -0.39 is 0 Å². The highest BCUT2D eigenvalue weighted by atomic mass is 79.9. The van der Waals surface area contributed by atoms with Crippen LogP contribution in [0.5, 0.6) is 11.5 Å². The number of rotatable bonds is 8. The van der Waals surface area contributed by atoms with Crippen molar-refractivity contribution in [3.8, 4) is 11.5 Å². The summed E-state index contributed by atoms with van der Waals surface area (Å²) >= 11 is 9.47. The van der Waals surface area contributed by atoms with Gasteiger partial charge in [0.25, 0.3) is 0 Å². The Balaban J connectivity index is 1.92. The van der Waals surface area contributed by atoms with Crippen LogP contribution in [0, 0.1) is 0 Å². The molecule has 0 radical (unpaired) electrons.